The highest BCUT2D eigenvalue weighted by atomic mass is 28.4. The first kappa shape index (κ1) is 45.3. The van der Waals surface area contributed by atoms with Gasteiger partial charge in [-0.15, -0.1) is 0 Å². The number of carboxylic acids is 1. The smallest absolute Gasteiger partial charge is 0.411 e. The van der Waals surface area contributed by atoms with Gasteiger partial charge in [0.15, 0.2) is 6.04 Å². The van der Waals surface area contributed by atoms with Gasteiger partial charge in [0.25, 0.3) is 0 Å². The highest BCUT2D eigenvalue weighted by Crippen LogP contribution is 2.46. The van der Waals surface area contributed by atoms with Crippen LogP contribution in [0.1, 0.15) is 113 Å². The van der Waals surface area contributed by atoms with E-state index >= 15 is 0 Å². The molecule has 1 fully saturated rings. The minimum atomic E-state index is -2.39. The molecule has 0 bridgehead atoms. The number of nitrogens with zero attached hydrogens (tertiary/aromatic N) is 1. The van der Waals surface area contributed by atoms with E-state index in [1.54, 1.807) is 32.9 Å². The monoisotopic (exact) mass is 783 g/mol. The third kappa shape index (κ3) is 12.4. The van der Waals surface area contributed by atoms with Gasteiger partial charge < -0.3 is 34.4 Å². The van der Waals surface area contributed by atoms with E-state index in [1.807, 2.05) is 56.3 Å². The fourth-order valence-corrected chi connectivity index (χ4v) is 13.2. The molecule has 0 spiro atoms. The molecule has 1 heterocycles. The maximum atomic E-state index is 13.6. The molecule has 3 N–H and O–H groups in total. The zero-order valence-corrected chi connectivity index (χ0v) is 35.7. The Balaban J connectivity index is 1.79. The van der Waals surface area contributed by atoms with Gasteiger partial charge in [-0.25, -0.2) is 14.4 Å². The van der Waals surface area contributed by atoms with Gasteiger partial charge in [0.2, 0.25) is 14.2 Å². The quantitative estimate of drug-likeness (QED) is 0.126. The van der Waals surface area contributed by atoms with E-state index in [2.05, 4.69) is 52.2 Å². The normalized spacial score (nSPS) is 17.8. The molecule has 306 valence electrons. The number of benzene rings is 2. The van der Waals surface area contributed by atoms with Gasteiger partial charge in [0, 0.05) is 19.5 Å². The zero-order chi connectivity index (χ0) is 41.1. The van der Waals surface area contributed by atoms with Crippen LogP contribution in [0.15, 0.2) is 54.6 Å². The van der Waals surface area contributed by atoms with Crippen molar-refractivity contribution in [3.63, 3.8) is 0 Å². The molecule has 0 aliphatic carbocycles. The lowest BCUT2D eigenvalue weighted by molar-refractivity contribution is -0.144. The molecule has 2 aromatic carbocycles. The highest BCUT2D eigenvalue weighted by molar-refractivity contribution is 6.77. The second-order valence-electron chi connectivity index (χ2n) is 16.5. The van der Waals surface area contributed by atoms with E-state index in [-0.39, 0.29) is 31.1 Å². The SMILES string of the molecule is CCC(C)[C@H](NC(=O)OCc1ccccc1)C(=O)NCCC(O[Si](C(C)C)(C(C)C)C(C)C)c1ccc(O[C@@H]2CCN(C(=O)OC(C)(C)C)[C@@H]2C(=O)O)cc1. The fourth-order valence-electron chi connectivity index (χ4n) is 7.62. The van der Waals surface area contributed by atoms with Crippen molar-refractivity contribution in [3.8, 4) is 5.75 Å². The van der Waals surface area contributed by atoms with Crippen molar-refractivity contribution in [2.75, 3.05) is 13.1 Å². The number of hydrogen-bond donors (Lipinski definition) is 3. The van der Waals surface area contributed by atoms with Crippen molar-refractivity contribution in [2.45, 2.75) is 149 Å². The number of amides is 3. The molecular formula is C42H65N3O9Si. The summed E-state index contributed by atoms with van der Waals surface area (Å²) in [4.78, 5) is 52.7. The van der Waals surface area contributed by atoms with Gasteiger partial charge in [0.05, 0.1) is 6.10 Å². The number of carboxylic acid groups (broad SMARTS) is 1. The summed E-state index contributed by atoms with van der Waals surface area (Å²) in [5, 5.41) is 15.9. The Hall–Kier alpha value is -4.10. The van der Waals surface area contributed by atoms with E-state index in [4.69, 9.17) is 18.6 Å². The summed E-state index contributed by atoms with van der Waals surface area (Å²) in [6.07, 6.45) is -0.965. The Kier molecular flexibility index (Phi) is 16.6. The first-order valence-corrected chi connectivity index (χ1v) is 21.9. The predicted octanol–water partition coefficient (Wildman–Crippen LogP) is 8.61. The first-order valence-electron chi connectivity index (χ1n) is 19.7. The molecule has 2 unspecified atom stereocenters. The largest absolute Gasteiger partial charge is 0.488 e. The van der Waals surface area contributed by atoms with E-state index < -0.39 is 50.3 Å². The lowest BCUT2D eigenvalue weighted by Gasteiger charge is -2.45. The molecule has 1 aliphatic heterocycles. The Bertz CT molecular complexity index is 1520. The number of alkyl carbamates (subject to hydrolysis) is 1. The molecule has 13 heteroatoms. The molecule has 12 nitrogen and oxygen atoms in total. The Labute approximate surface area is 329 Å². The molecule has 0 aromatic heterocycles. The zero-order valence-electron chi connectivity index (χ0n) is 34.7. The molecule has 5 atom stereocenters. The van der Waals surface area contributed by atoms with Gasteiger partial charge in [-0.1, -0.05) is 104 Å². The molecule has 3 amide bonds. The summed E-state index contributed by atoms with van der Waals surface area (Å²) in [5.41, 5.74) is 1.94. The number of nitrogens with one attached hydrogen (secondary N) is 2. The van der Waals surface area contributed by atoms with E-state index in [9.17, 15) is 24.3 Å². The second-order valence-corrected chi connectivity index (χ2v) is 22.0. The van der Waals surface area contributed by atoms with Crippen LogP contribution >= 0.6 is 0 Å². The minimum absolute atomic E-state index is 0.100. The van der Waals surface area contributed by atoms with Gasteiger partial charge >= 0.3 is 18.2 Å². The van der Waals surface area contributed by atoms with Crippen LogP contribution in [0.5, 0.6) is 5.75 Å². The van der Waals surface area contributed by atoms with E-state index in [0.717, 1.165) is 11.1 Å². The first-order chi connectivity index (χ1) is 25.8. The van der Waals surface area contributed by atoms with E-state index in [1.165, 1.54) is 4.90 Å². The number of carbonyl (C=O) groups is 4. The molecular weight excluding hydrogens is 719 g/mol. The summed E-state index contributed by atoms with van der Waals surface area (Å²) < 4.78 is 24.4. The van der Waals surface area contributed by atoms with Crippen LogP contribution in [-0.4, -0.2) is 79.3 Å². The molecule has 2 aromatic rings. The van der Waals surface area contributed by atoms with Crippen LogP contribution in [0.2, 0.25) is 16.6 Å². The van der Waals surface area contributed by atoms with Gasteiger partial charge in [-0.2, -0.15) is 0 Å². The number of likely N-dealkylation sites (tertiary alicyclic amines) is 1. The van der Waals surface area contributed by atoms with Crippen molar-refractivity contribution in [1.82, 2.24) is 15.5 Å². The van der Waals surface area contributed by atoms with Crippen molar-refractivity contribution < 1.29 is 42.9 Å². The molecule has 1 saturated heterocycles. The molecule has 1 aliphatic rings. The minimum Gasteiger partial charge on any atom is -0.488 e. The summed E-state index contributed by atoms with van der Waals surface area (Å²) in [5.74, 6) is -1.12. The van der Waals surface area contributed by atoms with Crippen LogP contribution < -0.4 is 15.4 Å². The van der Waals surface area contributed by atoms with Crippen LogP contribution in [0.3, 0.4) is 0 Å². The number of rotatable bonds is 18. The average molecular weight is 784 g/mol. The lowest BCUT2D eigenvalue weighted by atomic mass is 9.98. The third-order valence-corrected chi connectivity index (χ3v) is 16.6. The molecule has 0 saturated carbocycles. The van der Waals surface area contributed by atoms with Crippen molar-refractivity contribution >= 4 is 32.4 Å². The van der Waals surface area contributed by atoms with Crippen molar-refractivity contribution in [2.24, 2.45) is 5.92 Å². The van der Waals surface area contributed by atoms with Crippen molar-refractivity contribution in [1.29, 1.82) is 0 Å². The van der Waals surface area contributed by atoms with Gasteiger partial charge in [0.1, 0.15) is 30.1 Å². The van der Waals surface area contributed by atoms with Crippen molar-refractivity contribution in [3.05, 3.63) is 65.7 Å². The summed E-state index contributed by atoms with van der Waals surface area (Å²) in [6, 6.07) is 14.8. The number of carbonyl (C=O) groups excluding carboxylic acids is 3. The van der Waals surface area contributed by atoms with Crippen LogP contribution in [0, 0.1) is 5.92 Å². The molecule has 3 rings (SSSR count). The Morgan fingerprint density at radius 1 is 0.909 bits per heavy atom. The van der Waals surface area contributed by atoms with Gasteiger partial charge in [-0.3, -0.25) is 9.69 Å². The molecule has 55 heavy (non-hydrogen) atoms. The molecule has 0 radical (unpaired) electrons. The highest BCUT2D eigenvalue weighted by Gasteiger charge is 2.47. The Morgan fingerprint density at radius 3 is 2.04 bits per heavy atom. The lowest BCUT2D eigenvalue weighted by Crippen LogP contribution is -2.51. The summed E-state index contributed by atoms with van der Waals surface area (Å²) in [6.45, 7) is 23.1. The topological polar surface area (TPSA) is 153 Å². The predicted molar refractivity (Wildman–Crippen MR) is 215 cm³/mol. The number of ether oxygens (including phenoxy) is 3. The van der Waals surface area contributed by atoms with Crippen LogP contribution in [0.25, 0.3) is 0 Å². The van der Waals surface area contributed by atoms with Crippen LogP contribution in [0.4, 0.5) is 9.59 Å². The summed E-state index contributed by atoms with van der Waals surface area (Å²) >= 11 is 0. The second kappa shape index (κ2) is 20.2. The van der Waals surface area contributed by atoms with Crippen LogP contribution in [-0.2, 0) is 30.1 Å². The third-order valence-electron chi connectivity index (χ3n) is 10.5. The number of aliphatic carboxylic acids is 1. The fraction of sp³-hybridized carbons (Fsp3) is 0.619. The van der Waals surface area contributed by atoms with E-state index in [0.29, 0.717) is 48.2 Å². The Morgan fingerprint density at radius 2 is 1.51 bits per heavy atom. The summed E-state index contributed by atoms with van der Waals surface area (Å²) in [7, 11) is -2.39. The maximum Gasteiger partial charge on any atom is 0.411 e. The standard InChI is InChI=1S/C42H65N3O9Si/c1-12-30(8)36(44-40(49)51-26-31-16-14-13-15-17-31)38(46)43-24-22-34(54-55(27(2)3,28(4)5)29(6)7)32-18-20-33(21-19-32)52-35-23-25-45(37(35)39(47)48)41(50)53-42(9,10)11/h13-21,27-30,34-37H,12,22-26H2,1-11H3,(H,43,46)(H,44,49)(H,47,48)/t30?,34?,35-,36+,37+/m1/s1. The maximum absolute atomic E-state index is 13.6. The number of hydrogen-bond acceptors (Lipinski definition) is 8. The average Bonchev–Trinajstić information content (AvgIpc) is 3.54. The van der Waals surface area contributed by atoms with Gasteiger partial charge in [-0.05, 0) is 73.0 Å².